The first-order valence-electron chi connectivity index (χ1n) is 5.88. The van der Waals surface area contributed by atoms with Crippen LogP contribution in [0.3, 0.4) is 0 Å². The lowest BCUT2D eigenvalue weighted by Crippen LogP contribution is -2.42. The maximum absolute atomic E-state index is 12.1. The second-order valence-electron chi connectivity index (χ2n) is 5.23. The number of para-hydroxylation sites is 1. The van der Waals surface area contributed by atoms with Crippen molar-refractivity contribution in [3.63, 3.8) is 0 Å². The highest BCUT2D eigenvalue weighted by Crippen LogP contribution is 2.32. The van der Waals surface area contributed by atoms with Gasteiger partial charge in [0.25, 0.3) is 0 Å². The van der Waals surface area contributed by atoms with E-state index in [0.717, 1.165) is 17.7 Å². The molecule has 0 aliphatic carbocycles. The molecule has 17 heavy (non-hydrogen) atoms. The molecule has 3 nitrogen and oxygen atoms in total. The van der Waals surface area contributed by atoms with Crippen LogP contribution in [0.2, 0.25) is 0 Å². The van der Waals surface area contributed by atoms with Gasteiger partial charge in [-0.25, -0.2) is 0 Å². The Morgan fingerprint density at radius 1 is 1.35 bits per heavy atom. The quantitative estimate of drug-likeness (QED) is 0.824. The van der Waals surface area contributed by atoms with Crippen LogP contribution in [0.1, 0.15) is 38.8 Å². The summed E-state index contributed by atoms with van der Waals surface area (Å²) in [4.78, 5) is 0. The first-order valence-corrected chi connectivity index (χ1v) is 7.03. The Labute approximate surface area is 106 Å². The predicted octanol–water partition coefficient (Wildman–Crippen LogP) is 2.56. The maximum atomic E-state index is 12.1. The van der Waals surface area contributed by atoms with E-state index in [0.29, 0.717) is 6.61 Å². The first kappa shape index (κ1) is 12.7. The van der Waals surface area contributed by atoms with Crippen molar-refractivity contribution in [2.75, 3.05) is 6.61 Å². The van der Waals surface area contributed by atoms with Gasteiger partial charge in [0.2, 0.25) is 0 Å². The molecule has 0 aromatic heterocycles. The molecule has 1 N–H and O–H groups in total. The van der Waals surface area contributed by atoms with Gasteiger partial charge in [-0.1, -0.05) is 18.2 Å². The highest BCUT2D eigenvalue weighted by molar-refractivity contribution is 7.90. The van der Waals surface area contributed by atoms with Crippen molar-refractivity contribution in [1.29, 1.82) is 0 Å². The molecule has 0 saturated heterocycles. The minimum absolute atomic E-state index is 0.125. The molecule has 2 rings (SSSR count). The fourth-order valence-corrected chi connectivity index (χ4v) is 2.63. The average Bonchev–Trinajstić information content (AvgIpc) is 2.28. The molecule has 94 valence electrons. The lowest BCUT2D eigenvalue weighted by Gasteiger charge is -2.31. The zero-order valence-electron chi connectivity index (χ0n) is 10.5. The lowest BCUT2D eigenvalue weighted by molar-refractivity contribution is 0.262. The summed E-state index contributed by atoms with van der Waals surface area (Å²) >= 11 is -1.05. The van der Waals surface area contributed by atoms with Crippen LogP contribution in [-0.2, 0) is 11.4 Å². The normalized spacial score (nSPS) is 21.5. The summed E-state index contributed by atoms with van der Waals surface area (Å²) < 4.78 is 20.6. The van der Waals surface area contributed by atoms with Gasteiger partial charge in [0.1, 0.15) is 10.5 Å². The molecule has 0 saturated carbocycles. The number of ether oxygens (including phenoxy) is 1. The molecule has 1 aliphatic rings. The molecule has 0 radical (unpaired) electrons. The third kappa shape index (κ3) is 2.94. The van der Waals surface area contributed by atoms with Crippen molar-refractivity contribution in [3.8, 4) is 5.75 Å². The molecule has 1 aliphatic heterocycles. The van der Waals surface area contributed by atoms with Crippen molar-refractivity contribution < 1.29 is 9.29 Å². The van der Waals surface area contributed by atoms with E-state index in [1.165, 1.54) is 0 Å². The average molecular weight is 253 g/mol. The first-order chi connectivity index (χ1) is 7.98. The van der Waals surface area contributed by atoms with Crippen LogP contribution in [-0.4, -0.2) is 15.9 Å². The topological polar surface area (TPSA) is 44.3 Å². The molecule has 1 heterocycles. The molecule has 0 fully saturated rings. The van der Waals surface area contributed by atoms with Gasteiger partial charge in [0, 0.05) is 23.3 Å². The third-order valence-corrected chi connectivity index (χ3v) is 4.37. The monoisotopic (exact) mass is 253 g/mol. The molecule has 0 amide bonds. The number of benzene rings is 1. The van der Waals surface area contributed by atoms with Crippen molar-refractivity contribution in [2.24, 2.45) is 0 Å². The number of fused-ring (bicyclic) bond motifs is 1. The van der Waals surface area contributed by atoms with Crippen molar-refractivity contribution in [2.45, 2.75) is 38.0 Å². The summed E-state index contributed by atoms with van der Waals surface area (Å²) in [6.07, 6.45) is 0.860. The van der Waals surface area contributed by atoms with Crippen LogP contribution in [0.5, 0.6) is 5.75 Å². The largest absolute Gasteiger partial charge is 0.598 e. The fourth-order valence-electron chi connectivity index (χ4n) is 1.77. The Bertz CT molecular complexity index is 389. The Hall–Kier alpha value is -0.710. The number of hydrogen-bond donors (Lipinski definition) is 1. The van der Waals surface area contributed by atoms with Crippen LogP contribution < -0.4 is 9.46 Å². The minimum atomic E-state index is -1.05. The van der Waals surface area contributed by atoms with E-state index in [2.05, 4.69) is 4.72 Å². The number of nitrogens with one attached hydrogen (secondary N) is 1. The number of rotatable bonds is 2. The molecule has 1 aromatic rings. The van der Waals surface area contributed by atoms with Gasteiger partial charge in [0.15, 0.2) is 0 Å². The zero-order chi connectivity index (χ0) is 12.5. The molecule has 2 unspecified atom stereocenters. The van der Waals surface area contributed by atoms with Gasteiger partial charge >= 0.3 is 0 Å². The summed E-state index contributed by atoms with van der Waals surface area (Å²) in [7, 11) is 0. The Balaban J connectivity index is 2.14. The van der Waals surface area contributed by atoms with E-state index in [1.54, 1.807) is 0 Å². The second-order valence-corrected chi connectivity index (χ2v) is 7.22. The fraction of sp³-hybridized carbons (Fsp3) is 0.538. The summed E-state index contributed by atoms with van der Waals surface area (Å²) in [5.41, 5.74) is 1.11. The molecule has 4 heteroatoms. The van der Waals surface area contributed by atoms with E-state index in [9.17, 15) is 4.55 Å². The van der Waals surface area contributed by atoms with Gasteiger partial charge in [-0.2, -0.15) is 0 Å². The van der Waals surface area contributed by atoms with Gasteiger partial charge in [-0.15, -0.1) is 4.72 Å². The highest BCUT2D eigenvalue weighted by Gasteiger charge is 2.32. The van der Waals surface area contributed by atoms with Crippen molar-refractivity contribution in [1.82, 2.24) is 4.72 Å². The van der Waals surface area contributed by atoms with Crippen molar-refractivity contribution in [3.05, 3.63) is 29.8 Å². The maximum Gasteiger partial charge on any atom is 0.136 e. The van der Waals surface area contributed by atoms with Gasteiger partial charge in [-0.3, -0.25) is 0 Å². The van der Waals surface area contributed by atoms with Gasteiger partial charge in [-0.05, 0) is 26.8 Å². The third-order valence-electron chi connectivity index (χ3n) is 2.76. The minimum Gasteiger partial charge on any atom is -0.598 e. The molecule has 1 aromatic carbocycles. The van der Waals surface area contributed by atoms with E-state index in [-0.39, 0.29) is 10.8 Å². The van der Waals surface area contributed by atoms with Crippen LogP contribution in [0.15, 0.2) is 24.3 Å². The smallest absolute Gasteiger partial charge is 0.136 e. The van der Waals surface area contributed by atoms with Gasteiger partial charge in [0.05, 0.1) is 12.6 Å². The lowest BCUT2D eigenvalue weighted by atomic mass is 10.0. The zero-order valence-corrected chi connectivity index (χ0v) is 11.3. The molecule has 0 bridgehead atoms. The molecule has 0 spiro atoms. The van der Waals surface area contributed by atoms with E-state index in [4.69, 9.17) is 4.74 Å². The van der Waals surface area contributed by atoms with E-state index < -0.39 is 11.4 Å². The van der Waals surface area contributed by atoms with Crippen LogP contribution in [0.4, 0.5) is 0 Å². The summed E-state index contributed by atoms with van der Waals surface area (Å²) in [5, 5.41) is 0. The predicted molar refractivity (Wildman–Crippen MR) is 70.3 cm³/mol. The summed E-state index contributed by atoms with van der Waals surface area (Å²) in [6, 6.07) is 8.07. The molecular weight excluding hydrogens is 234 g/mol. The van der Waals surface area contributed by atoms with E-state index >= 15 is 0 Å². The standard InChI is InChI=1S/C13H19NO2S/c1-13(2,3)17(15)14-11-8-9-16-12-7-5-4-6-10(11)12/h4-7,11,14H,8-9H2,1-3H3. The SMILES string of the molecule is CC(C)(C)[S+]([O-])NC1CCOc2ccccc21. The van der Waals surface area contributed by atoms with Gasteiger partial charge < -0.3 is 9.29 Å². The number of hydrogen-bond acceptors (Lipinski definition) is 3. The molecular formula is C13H19NO2S. The van der Waals surface area contributed by atoms with Crippen molar-refractivity contribution >= 4 is 11.4 Å². The summed E-state index contributed by atoms with van der Waals surface area (Å²) in [5.74, 6) is 0.905. The Morgan fingerprint density at radius 2 is 2.06 bits per heavy atom. The molecule has 2 atom stereocenters. The van der Waals surface area contributed by atoms with Crippen LogP contribution >= 0.6 is 0 Å². The Kier molecular flexibility index (Phi) is 3.66. The highest BCUT2D eigenvalue weighted by atomic mass is 32.2. The Morgan fingerprint density at radius 3 is 2.76 bits per heavy atom. The summed E-state index contributed by atoms with van der Waals surface area (Å²) in [6.45, 7) is 6.60. The van der Waals surface area contributed by atoms with E-state index in [1.807, 2.05) is 45.0 Å². The van der Waals surface area contributed by atoms with Crippen LogP contribution in [0.25, 0.3) is 0 Å². The van der Waals surface area contributed by atoms with Crippen LogP contribution in [0, 0.1) is 0 Å². The second kappa shape index (κ2) is 4.88.